The fourth-order valence-corrected chi connectivity index (χ4v) is 1.98. The van der Waals surface area contributed by atoms with E-state index in [1.54, 1.807) is 18.5 Å². The van der Waals surface area contributed by atoms with Gasteiger partial charge in [-0.15, -0.1) is 0 Å². The molecule has 0 bridgehead atoms. The van der Waals surface area contributed by atoms with E-state index in [0.29, 0.717) is 6.42 Å². The van der Waals surface area contributed by atoms with E-state index in [-0.39, 0.29) is 5.82 Å². The van der Waals surface area contributed by atoms with Crippen LogP contribution in [0.4, 0.5) is 4.39 Å². The third-order valence-corrected chi connectivity index (χ3v) is 2.93. The van der Waals surface area contributed by atoms with Crippen LogP contribution in [-0.4, -0.2) is 9.55 Å². The van der Waals surface area contributed by atoms with Gasteiger partial charge in [0.2, 0.25) is 0 Å². The lowest BCUT2D eigenvalue weighted by Gasteiger charge is -2.03. The summed E-state index contributed by atoms with van der Waals surface area (Å²) < 4.78 is 15.7. The molecule has 0 aliphatic heterocycles. The van der Waals surface area contributed by atoms with Crippen molar-refractivity contribution in [1.29, 1.82) is 0 Å². The van der Waals surface area contributed by atoms with Crippen molar-refractivity contribution in [3.8, 4) is 0 Å². The Labute approximate surface area is 95.9 Å². The maximum absolute atomic E-state index is 13.0. The maximum atomic E-state index is 13.0. The lowest BCUT2D eigenvalue weighted by Crippen LogP contribution is -1.97. The minimum absolute atomic E-state index is 0.203. The van der Waals surface area contributed by atoms with Crippen LogP contribution in [0.25, 0.3) is 0 Å². The zero-order valence-corrected chi connectivity index (χ0v) is 9.83. The molecule has 2 aromatic rings. The number of hydrogen-bond acceptors (Lipinski definition) is 1. The van der Waals surface area contributed by atoms with Crippen LogP contribution in [-0.2, 0) is 13.5 Å². The van der Waals surface area contributed by atoms with Gasteiger partial charge in [0.1, 0.15) is 10.4 Å². The quantitative estimate of drug-likeness (QED) is 0.819. The first-order chi connectivity index (χ1) is 7.16. The van der Waals surface area contributed by atoms with Crippen molar-refractivity contribution in [1.82, 2.24) is 9.55 Å². The number of nitrogens with zero attached hydrogens (tertiary/aromatic N) is 2. The highest BCUT2D eigenvalue weighted by molar-refractivity contribution is 9.10. The summed E-state index contributed by atoms with van der Waals surface area (Å²) in [7, 11) is 1.92. The number of hydrogen-bond donors (Lipinski definition) is 0. The van der Waals surface area contributed by atoms with E-state index < -0.39 is 0 Å². The Bertz CT molecular complexity index is 460. The summed E-state index contributed by atoms with van der Waals surface area (Å²) in [6.45, 7) is 0. The van der Waals surface area contributed by atoms with Gasteiger partial charge in [-0.2, -0.15) is 0 Å². The predicted molar refractivity (Wildman–Crippen MR) is 60.1 cm³/mol. The van der Waals surface area contributed by atoms with E-state index in [1.807, 2.05) is 17.7 Å². The molecular weight excluding hydrogens is 259 g/mol. The number of aryl methyl sites for hydroxylation is 1. The van der Waals surface area contributed by atoms with Gasteiger partial charge in [0.15, 0.2) is 0 Å². The number of aromatic nitrogens is 2. The highest BCUT2D eigenvalue weighted by Crippen LogP contribution is 2.18. The van der Waals surface area contributed by atoms with Crippen molar-refractivity contribution >= 4 is 15.9 Å². The van der Waals surface area contributed by atoms with Gasteiger partial charge in [-0.25, -0.2) is 9.37 Å². The summed E-state index contributed by atoms with van der Waals surface area (Å²) in [4.78, 5) is 4.12. The first kappa shape index (κ1) is 10.4. The summed E-state index contributed by atoms with van der Waals surface area (Å²) >= 11 is 3.37. The van der Waals surface area contributed by atoms with E-state index in [4.69, 9.17) is 0 Å². The van der Waals surface area contributed by atoms with E-state index in [1.165, 1.54) is 6.07 Å². The SMILES string of the molecule is Cn1cnc(Br)c1Cc1cccc(F)c1. The van der Waals surface area contributed by atoms with Crippen molar-refractivity contribution < 1.29 is 4.39 Å². The molecule has 0 saturated heterocycles. The molecule has 0 N–H and O–H groups in total. The van der Waals surface area contributed by atoms with Crippen molar-refractivity contribution in [2.75, 3.05) is 0 Å². The Morgan fingerprint density at radius 3 is 2.87 bits per heavy atom. The molecule has 1 heterocycles. The zero-order chi connectivity index (χ0) is 10.8. The molecule has 0 atom stereocenters. The van der Waals surface area contributed by atoms with Crippen LogP contribution in [0.15, 0.2) is 35.2 Å². The molecule has 0 aliphatic rings. The molecule has 0 unspecified atom stereocenters. The lowest BCUT2D eigenvalue weighted by atomic mass is 10.1. The zero-order valence-electron chi connectivity index (χ0n) is 8.24. The van der Waals surface area contributed by atoms with Crippen molar-refractivity contribution in [2.45, 2.75) is 6.42 Å². The Hall–Kier alpha value is -1.16. The predicted octanol–water partition coefficient (Wildman–Crippen LogP) is 2.91. The molecule has 78 valence electrons. The standard InChI is InChI=1S/C11H10BrFN2/c1-15-7-14-11(12)10(15)6-8-3-2-4-9(13)5-8/h2-5,7H,6H2,1H3. The molecule has 4 heteroatoms. The van der Waals surface area contributed by atoms with Gasteiger partial charge >= 0.3 is 0 Å². The highest BCUT2D eigenvalue weighted by atomic mass is 79.9. The molecule has 2 rings (SSSR count). The molecule has 1 aromatic heterocycles. The third kappa shape index (κ3) is 2.26. The fourth-order valence-electron chi connectivity index (χ4n) is 1.46. The molecule has 2 nitrogen and oxygen atoms in total. The smallest absolute Gasteiger partial charge is 0.127 e. The first-order valence-corrected chi connectivity index (χ1v) is 5.36. The number of rotatable bonds is 2. The molecule has 0 spiro atoms. The van der Waals surface area contributed by atoms with E-state index >= 15 is 0 Å². The van der Waals surface area contributed by atoms with Gasteiger partial charge in [-0.05, 0) is 33.6 Å². The van der Waals surface area contributed by atoms with Crippen LogP contribution in [0.3, 0.4) is 0 Å². The van der Waals surface area contributed by atoms with E-state index in [0.717, 1.165) is 15.9 Å². The lowest BCUT2D eigenvalue weighted by molar-refractivity contribution is 0.625. The van der Waals surface area contributed by atoms with Crippen molar-refractivity contribution in [3.63, 3.8) is 0 Å². The second-order valence-electron chi connectivity index (χ2n) is 3.40. The summed E-state index contributed by atoms with van der Waals surface area (Å²) in [5.41, 5.74) is 1.99. The minimum Gasteiger partial charge on any atom is -0.336 e. The van der Waals surface area contributed by atoms with E-state index in [2.05, 4.69) is 20.9 Å². The van der Waals surface area contributed by atoms with Crippen LogP contribution in [0, 0.1) is 5.82 Å². The highest BCUT2D eigenvalue weighted by Gasteiger charge is 2.07. The van der Waals surface area contributed by atoms with Crippen LogP contribution < -0.4 is 0 Å². The number of benzene rings is 1. The van der Waals surface area contributed by atoms with Crippen LogP contribution >= 0.6 is 15.9 Å². The monoisotopic (exact) mass is 268 g/mol. The summed E-state index contributed by atoms with van der Waals surface area (Å²) in [5, 5.41) is 0. The molecule has 0 saturated carbocycles. The largest absolute Gasteiger partial charge is 0.336 e. The molecule has 0 amide bonds. The number of imidazole rings is 1. The van der Waals surface area contributed by atoms with Gasteiger partial charge in [-0.1, -0.05) is 12.1 Å². The Morgan fingerprint density at radius 2 is 2.27 bits per heavy atom. The van der Waals surface area contributed by atoms with Gasteiger partial charge < -0.3 is 4.57 Å². The summed E-state index contributed by atoms with van der Waals surface area (Å²) in [6.07, 6.45) is 2.41. The molecule has 15 heavy (non-hydrogen) atoms. The summed E-state index contributed by atoms with van der Waals surface area (Å²) in [5.74, 6) is -0.203. The normalized spacial score (nSPS) is 10.6. The molecule has 0 aliphatic carbocycles. The number of halogens is 2. The van der Waals surface area contributed by atoms with Crippen LogP contribution in [0.2, 0.25) is 0 Å². The van der Waals surface area contributed by atoms with Crippen LogP contribution in [0.5, 0.6) is 0 Å². The Balaban J connectivity index is 2.29. The van der Waals surface area contributed by atoms with E-state index in [9.17, 15) is 4.39 Å². The Kier molecular flexibility index (Phi) is 2.86. The minimum atomic E-state index is -0.203. The van der Waals surface area contributed by atoms with Gasteiger partial charge in [0.05, 0.1) is 12.0 Å². The molecular formula is C11H10BrFN2. The molecule has 0 fully saturated rings. The third-order valence-electron chi connectivity index (χ3n) is 2.27. The fraction of sp³-hybridized carbons (Fsp3) is 0.182. The first-order valence-electron chi connectivity index (χ1n) is 4.57. The Morgan fingerprint density at radius 1 is 1.47 bits per heavy atom. The van der Waals surface area contributed by atoms with Crippen LogP contribution in [0.1, 0.15) is 11.3 Å². The summed E-state index contributed by atoms with van der Waals surface area (Å²) in [6, 6.07) is 6.61. The maximum Gasteiger partial charge on any atom is 0.127 e. The molecule has 1 aromatic carbocycles. The topological polar surface area (TPSA) is 17.8 Å². The van der Waals surface area contributed by atoms with Crippen molar-refractivity contribution in [3.05, 3.63) is 52.3 Å². The second kappa shape index (κ2) is 4.14. The molecule has 0 radical (unpaired) electrons. The van der Waals surface area contributed by atoms with Crippen molar-refractivity contribution in [2.24, 2.45) is 7.05 Å². The second-order valence-corrected chi connectivity index (χ2v) is 4.15. The van der Waals surface area contributed by atoms with Gasteiger partial charge in [0.25, 0.3) is 0 Å². The average molecular weight is 269 g/mol. The van der Waals surface area contributed by atoms with Gasteiger partial charge in [-0.3, -0.25) is 0 Å². The van der Waals surface area contributed by atoms with Gasteiger partial charge in [0, 0.05) is 13.5 Å². The average Bonchev–Trinajstić information content (AvgIpc) is 2.50.